The lowest BCUT2D eigenvalue weighted by atomic mass is 10.1. The van der Waals surface area contributed by atoms with Crippen LogP contribution in [-0.2, 0) is 11.2 Å². The van der Waals surface area contributed by atoms with Crippen LogP contribution in [0.2, 0.25) is 0 Å². The highest BCUT2D eigenvalue weighted by Crippen LogP contribution is 2.17. The smallest absolute Gasteiger partial charge is 0.227 e. The number of benzene rings is 1. The molecule has 0 spiro atoms. The summed E-state index contributed by atoms with van der Waals surface area (Å²) in [5.74, 6) is 2.38. The van der Waals surface area contributed by atoms with Crippen molar-refractivity contribution in [1.82, 2.24) is 10.5 Å². The second-order valence-corrected chi connectivity index (χ2v) is 4.00. The Bertz CT molecular complexity index is 595. The summed E-state index contributed by atoms with van der Waals surface area (Å²) in [5, 5.41) is 7.53. The zero-order valence-electron chi connectivity index (χ0n) is 10.1. The number of amides is 1. The number of rotatable bonds is 4. The van der Waals surface area contributed by atoms with Crippen LogP contribution in [0.5, 0.6) is 0 Å². The summed E-state index contributed by atoms with van der Waals surface area (Å²) in [7, 11) is 0. The maximum Gasteiger partial charge on any atom is 0.227 e. The van der Waals surface area contributed by atoms with Gasteiger partial charge < -0.3 is 9.84 Å². The molecule has 0 radical (unpaired) electrons. The molecule has 4 nitrogen and oxygen atoms in total. The number of aromatic nitrogens is 1. The molecule has 1 aromatic heterocycles. The minimum absolute atomic E-state index is 0.140. The van der Waals surface area contributed by atoms with Crippen LogP contribution in [0.15, 0.2) is 28.8 Å². The molecule has 2 aromatic rings. The number of hydrogen-bond donors (Lipinski definition) is 1. The van der Waals surface area contributed by atoms with E-state index in [4.69, 9.17) is 10.9 Å². The third kappa shape index (κ3) is 2.51. The average Bonchev–Trinajstić information content (AvgIpc) is 2.79. The van der Waals surface area contributed by atoms with Crippen LogP contribution in [0.25, 0.3) is 11.0 Å². The van der Waals surface area contributed by atoms with E-state index in [1.165, 1.54) is 0 Å². The molecule has 0 aliphatic heterocycles. The van der Waals surface area contributed by atoms with Crippen LogP contribution in [-0.4, -0.2) is 17.1 Å². The lowest BCUT2D eigenvalue weighted by Crippen LogP contribution is -2.34. The van der Waals surface area contributed by atoms with E-state index in [0.717, 1.165) is 5.39 Å². The number of nitrogens with zero attached hydrogens (tertiary/aromatic N) is 1. The Labute approximate surface area is 105 Å². The van der Waals surface area contributed by atoms with Gasteiger partial charge in [-0.1, -0.05) is 30.1 Å². The lowest BCUT2D eigenvalue weighted by molar-refractivity contribution is -0.120. The van der Waals surface area contributed by atoms with Crippen molar-refractivity contribution in [3.05, 3.63) is 30.0 Å². The van der Waals surface area contributed by atoms with Crippen LogP contribution in [0.1, 0.15) is 19.0 Å². The lowest BCUT2D eigenvalue weighted by Gasteiger charge is -2.09. The Hall–Kier alpha value is -2.28. The van der Waals surface area contributed by atoms with Crippen molar-refractivity contribution in [3.8, 4) is 12.3 Å². The highest BCUT2D eigenvalue weighted by Gasteiger charge is 2.13. The Morgan fingerprint density at radius 3 is 3.06 bits per heavy atom. The van der Waals surface area contributed by atoms with Gasteiger partial charge in [0.05, 0.1) is 12.5 Å². The molecule has 0 aliphatic carbocycles. The molecular weight excluding hydrogens is 228 g/mol. The van der Waals surface area contributed by atoms with Gasteiger partial charge in [0.15, 0.2) is 5.58 Å². The minimum Gasteiger partial charge on any atom is -0.356 e. The Morgan fingerprint density at radius 1 is 1.56 bits per heavy atom. The summed E-state index contributed by atoms with van der Waals surface area (Å²) in [6.07, 6.45) is 6.18. The Kier molecular flexibility index (Phi) is 3.63. The summed E-state index contributed by atoms with van der Waals surface area (Å²) in [6, 6.07) is 7.23. The molecule has 1 amide bonds. The molecule has 1 unspecified atom stereocenters. The van der Waals surface area contributed by atoms with Gasteiger partial charge in [-0.25, -0.2) is 0 Å². The van der Waals surface area contributed by atoms with Gasteiger partial charge in [0.1, 0.15) is 5.69 Å². The molecule has 0 aliphatic rings. The number of nitrogens with one attached hydrogen (secondary N) is 1. The fourth-order valence-electron chi connectivity index (χ4n) is 1.72. The van der Waals surface area contributed by atoms with Crippen LogP contribution in [0.4, 0.5) is 0 Å². The SMILES string of the molecule is C#CC(CC)NC(=O)Cc1noc2ccccc12. The van der Waals surface area contributed by atoms with Crippen LogP contribution in [0, 0.1) is 12.3 Å². The molecular formula is C14H14N2O2. The topological polar surface area (TPSA) is 55.1 Å². The van der Waals surface area contributed by atoms with E-state index in [1.807, 2.05) is 31.2 Å². The van der Waals surface area contributed by atoms with E-state index in [0.29, 0.717) is 17.7 Å². The van der Waals surface area contributed by atoms with Gasteiger partial charge in [-0.2, -0.15) is 0 Å². The Balaban J connectivity index is 2.10. The van der Waals surface area contributed by atoms with Gasteiger partial charge in [-0.05, 0) is 18.6 Å². The fraction of sp³-hybridized carbons (Fsp3) is 0.286. The van der Waals surface area contributed by atoms with Gasteiger partial charge in [0.25, 0.3) is 0 Å². The fourth-order valence-corrected chi connectivity index (χ4v) is 1.72. The molecule has 2 rings (SSSR count). The number of carbonyl (C=O) groups is 1. The van der Waals surface area contributed by atoms with Gasteiger partial charge in [-0.15, -0.1) is 6.42 Å². The van der Waals surface area contributed by atoms with E-state index in [2.05, 4.69) is 16.4 Å². The van der Waals surface area contributed by atoms with Crippen molar-refractivity contribution in [1.29, 1.82) is 0 Å². The Morgan fingerprint density at radius 2 is 2.33 bits per heavy atom. The number of para-hydroxylation sites is 1. The van der Waals surface area contributed by atoms with E-state index in [-0.39, 0.29) is 18.4 Å². The molecule has 92 valence electrons. The van der Waals surface area contributed by atoms with Gasteiger partial charge in [0, 0.05) is 5.39 Å². The van der Waals surface area contributed by atoms with Crippen LogP contribution < -0.4 is 5.32 Å². The molecule has 4 heteroatoms. The first-order valence-corrected chi connectivity index (χ1v) is 5.83. The first kappa shape index (κ1) is 12.2. The van der Waals surface area contributed by atoms with Crippen LogP contribution in [0.3, 0.4) is 0 Å². The number of hydrogen-bond acceptors (Lipinski definition) is 3. The van der Waals surface area contributed by atoms with Crippen LogP contribution >= 0.6 is 0 Å². The van der Waals surface area contributed by atoms with Gasteiger partial charge in [-0.3, -0.25) is 4.79 Å². The van der Waals surface area contributed by atoms with E-state index >= 15 is 0 Å². The zero-order valence-corrected chi connectivity index (χ0v) is 10.1. The monoisotopic (exact) mass is 242 g/mol. The summed E-state index contributed by atoms with van der Waals surface area (Å²) in [4.78, 5) is 11.8. The molecule has 0 bridgehead atoms. The molecule has 0 fully saturated rings. The van der Waals surface area contributed by atoms with E-state index in [9.17, 15) is 4.79 Å². The third-order valence-corrected chi connectivity index (χ3v) is 2.72. The summed E-state index contributed by atoms with van der Waals surface area (Å²) < 4.78 is 5.14. The number of fused-ring (bicyclic) bond motifs is 1. The highest BCUT2D eigenvalue weighted by molar-refractivity contribution is 5.86. The maximum atomic E-state index is 11.8. The zero-order chi connectivity index (χ0) is 13.0. The third-order valence-electron chi connectivity index (χ3n) is 2.72. The number of terminal acetylenes is 1. The molecule has 1 N–H and O–H groups in total. The van der Waals surface area contributed by atoms with Crippen molar-refractivity contribution >= 4 is 16.9 Å². The predicted molar refractivity (Wildman–Crippen MR) is 68.8 cm³/mol. The molecule has 0 saturated carbocycles. The average molecular weight is 242 g/mol. The predicted octanol–water partition coefficient (Wildman–Crippen LogP) is 1.90. The number of carbonyl (C=O) groups excluding carboxylic acids is 1. The molecule has 0 saturated heterocycles. The van der Waals surface area contributed by atoms with Crippen molar-refractivity contribution in [3.63, 3.8) is 0 Å². The summed E-state index contributed by atoms with van der Waals surface area (Å²) in [6.45, 7) is 1.93. The minimum atomic E-state index is -0.226. The highest BCUT2D eigenvalue weighted by atomic mass is 16.5. The second-order valence-electron chi connectivity index (χ2n) is 4.00. The quantitative estimate of drug-likeness (QED) is 0.833. The summed E-state index contributed by atoms with van der Waals surface area (Å²) in [5.41, 5.74) is 1.32. The normalized spacial score (nSPS) is 12.0. The second kappa shape index (κ2) is 5.37. The van der Waals surface area contributed by atoms with Gasteiger partial charge >= 0.3 is 0 Å². The molecule has 18 heavy (non-hydrogen) atoms. The molecule has 1 heterocycles. The van der Waals surface area contributed by atoms with E-state index in [1.54, 1.807) is 0 Å². The first-order chi connectivity index (χ1) is 8.74. The van der Waals surface area contributed by atoms with Crippen molar-refractivity contribution in [2.45, 2.75) is 25.8 Å². The maximum absolute atomic E-state index is 11.8. The first-order valence-electron chi connectivity index (χ1n) is 5.83. The van der Waals surface area contributed by atoms with Gasteiger partial charge in [0.2, 0.25) is 5.91 Å². The summed E-state index contributed by atoms with van der Waals surface area (Å²) >= 11 is 0. The van der Waals surface area contributed by atoms with Crippen molar-refractivity contribution in [2.24, 2.45) is 0 Å². The van der Waals surface area contributed by atoms with E-state index < -0.39 is 0 Å². The van der Waals surface area contributed by atoms with Crippen molar-refractivity contribution < 1.29 is 9.32 Å². The standard InChI is InChI=1S/C14H14N2O2/c1-3-10(4-2)15-14(17)9-12-11-7-5-6-8-13(11)18-16-12/h1,5-8,10H,4,9H2,2H3,(H,15,17). The molecule has 1 atom stereocenters. The van der Waals surface area contributed by atoms with Crippen molar-refractivity contribution in [2.75, 3.05) is 0 Å². The molecule has 1 aromatic carbocycles. The largest absolute Gasteiger partial charge is 0.356 e.